The van der Waals surface area contributed by atoms with Crippen molar-refractivity contribution >= 4 is 5.69 Å². The predicted molar refractivity (Wildman–Crippen MR) is 62.4 cm³/mol. The molecule has 84 valence electrons. The monoisotopic (exact) mass is 209 g/mol. The summed E-state index contributed by atoms with van der Waals surface area (Å²) in [6, 6.07) is 7.86. The number of nitrogens with one attached hydrogen (secondary N) is 1. The maximum atomic E-state index is 9.15. The highest BCUT2D eigenvalue weighted by Gasteiger charge is 2.05. The van der Waals surface area contributed by atoms with Crippen molar-refractivity contribution < 1.29 is 9.84 Å². The summed E-state index contributed by atoms with van der Waals surface area (Å²) in [6.45, 7) is 2.26. The molecule has 1 aromatic carbocycles. The summed E-state index contributed by atoms with van der Waals surface area (Å²) >= 11 is 0. The maximum Gasteiger partial charge on any atom is 0.120 e. The lowest BCUT2D eigenvalue weighted by Crippen LogP contribution is -2.23. The molecule has 0 aliphatic heterocycles. The standard InChI is InChI=1S/C12H19NO2/c1-3-5-11(9-14)13-10-6-4-7-12(8-10)15-2/h4,6-8,11,13-14H,3,5,9H2,1-2H3. The molecule has 1 aromatic rings. The summed E-state index contributed by atoms with van der Waals surface area (Å²) in [7, 11) is 1.65. The van der Waals surface area contributed by atoms with Gasteiger partial charge in [-0.25, -0.2) is 0 Å². The third kappa shape index (κ3) is 3.80. The molecule has 0 saturated heterocycles. The number of hydrogen-bond acceptors (Lipinski definition) is 3. The van der Waals surface area contributed by atoms with Gasteiger partial charge in [0.25, 0.3) is 0 Å². The fourth-order valence-corrected chi connectivity index (χ4v) is 1.51. The van der Waals surface area contributed by atoms with E-state index in [1.807, 2.05) is 24.3 Å². The highest BCUT2D eigenvalue weighted by molar-refractivity contribution is 5.48. The van der Waals surface area contributed by atoms with E-state index in [2.05, 4.69) is 12.2 Å². The molecule has 0 spiro atoms. The van der Waals surface area contributed by atoms with Crippen LogP contribution in [-0.2, 0) is 0 Å². The van der Waals surface area contributed by atoms with Crippen LogP contribution < -0.4 is 10.1 Å². The summed E-state index contributed by atoms with van der Waals surface area (Å²) < 4.78 is 5.13. The Balaban J connectivity index is 2.61. The van der Waals surface area contributed by atoms with Gasteiger partial charge in [-0.05, 0) is 18.6 Å². The zero-order valence-electron chi connectivity index (χ0n) is 9.36. The molecule has 0 aliphatic rings. The summed E-state index contributed by atoms with van der Waals surface area (Å²) in [5, 5.41) is 12.4. The topological polar surface area (TPSA) is 41.5 Å². The summed E-state index contributed by atoms with van der Waals surface area (Å²) in [6.07, 6.45) is 2.02. The minimum absolute atomic E-state index is 0.127. The Morgan fingerprint density at radius 3 is 2.87 bits per heavy atom. The van der Waals surface area contributed by atoms with Crippen LogP contribution in [0.3, 0.4) is 0 Å². The lowest BCUT2D eigenvalue weighted by molar-refractivity contribution is 0.268. The number of methoxy groups -OCH3 is 1. The van der Waals surface area contributed by atoms with Gasteiger partial charge in [0.15, 0.2) is 0 Å². The van der Waals surface area contributed by atoms with Crippen molar-refractivity contribution in [3.8, 4) is 5.75 Å². The predicted octanol–water partition coefficient (Wildman–Crippen LogP) is 2.27. The van der Waals surface area contributed by atoms with E-state index in [-0.39, 0.29) is 12.6 Å². The number of aliphatic hydroxyl groups is 1. The van der Waals surface area contributed by atoms with Gasteiger partial charge in [0, 0.05) is 17.8 Å². The molecule has 0 saturated carbocycles. The number of rotatable bonds is 6. The number of anilines is 1. The summed E-state index contributed by atoms with van der Waals surface area (Å²) in [5.74, 6) is 0.827. The van der Waals surface area contributed by atoms with Gasteiger partial charge in [0.2, 0.25) is 0 Å². The first kappa shape index (κ1) is 11.9. The first-order chi connectivity index (χ1) is 7.30. The van der Waals surface area contributed by atoms with Crippen LogP contribution >= 0.6 is 0 Å². The van der Waals surface area contributed by atoms with Crippen LogP contribution in [0.4, 0.5) is 5.69 Å². The average molecular weight is 209 g/mol. The van der Waals surface area contributed by atoms with Crippen molar-refractivity contribution in [2.45, 2.75) is 25.8 Å². The largest absolute Gasteiger partial charge is 0.497 e. The molecule has 1 atom stereocenters. The van der Waals surface area contributed by atoms with E-state index in [4.69, 9.17) is 9.84 Å². The highest BCUT2D eigenvalue weighted by atomic mass is 16.5. The number of benzene rings is 1. The Labute approximate surface area is 91.1 Å². The second-order valence-electron chi connectivity index (χ2n) is 3.54. The molecule has 2 N–H and O–H groups in total. The second-order valence-corrected chi connectivity index (χ2v) is 3.54. The third-order valence-corrected chi connectivity index (χ3v) is 2.30. The molecule has 0 fully saturated rings. The molecule has 1 unspecified atom stereocenters. The van der Waals surface area contributed by atoms with Gasteiger partial charge in [0.1, 0.15) is 5.75 Å². The molecule has 3 heteroatoms. The fourth-order valence-electron chi connectivity index (χ4n) is 1.51. The fraction of sp³-hybridized carbons (Fsp3) is 0.500. The molecular weight excluding hydrogens is 190 g/mol. The van der Waals surface area contributed by atoms with Gasteiger partial charge in [-0.2, -0.15) is 0 Å². The molecule has 0 amide bonds. The summed E-state index contributed by atoms with van der Waals surface area (Å²) in [5.41, 5.74) is 0.988. The van der Waals surface area contributed by atoms with Crippen molar-refractivity contribution in [2.24, 2.45) is 0 Å². The SMILES string of the molecule is CCCC(CO)Nc1cccc(OC)c1. The quantitative estimate of drug-likeness (QED) is 0.755. The average Bonchev–Trinajstić information content (AvgIpc) is 2.29. The van der Waals surface area contributed by atoms with E-state index in [0.717, 1.165) is 24.3 Å². The molecule has 1 rings (SSSR count). The zero-order valence-corrected chi connectivity index (χ0v) is 9.36. The van der Waals surface area contributed by atoms with Crippen molar-refractivity contribution in [3.05, 3.63) is 24.3 Å². The molecule has 0 aliphatic carbocycles. The lowest BCUT2D eigenvalue weighted by atomic mass is 10.1. The highest BCUT2D eigenvalue weighted by Crippen LogP contribution is 2.18. The molecule has 3 nitrogen and oxygen atoms in total. The van der Waals surface area contributed by atoms with Crippen LogP contribution in [0.25, 0.3) is 0 Å². The second kappa shape index (κ2) is 6.30. The Kier molecular flexibility index (Phi) is 4.98. The van der Waals surface area contributed by atoms with Crippen LogP contribution in [0.5, 0.6) is 5.75 Å². The molecule has 0 bridgehead atoms. The number of ether oxygens (including phenoxy) is 1. The molecular formula is C12H19NO2. The Hall–Kier alpha value is -1.22. The van der Waals surface area contributed by atoms with E-state index < -0.39 is 0 Å². The zero-order chi connectivity index (χ0) is 11.1. The first-order valence-corrected chi connectivity index (χ1v) is 5.31. The lowest BCUT2D eigenvalue weighted by Gasteiger charge is -2.17. The van der Waals surface area contributed by atoms with Gasteiger partial charge in [0.05, 0.1) is 13.7 Å². The maximum absolute atomic E-state index is 9.15. The Morgan fingerprint density at radius 2 is 2.27 bits per heavy atom. The van der Waals surface area contributed by atoms with E-state index in [1.54, 1.807) is 7.11 Å². The minimum Gasteiger partial charge on any atom is -0.497 e. The van der Waals surface area contributed by atoms with Crippen molar-refractivity contribution in [3.63, 3.8) is 0 Å². The van der Waals surface area contributed by atoms with Gasteiger partial charge in [-0.1, -0.05) is 19.4 Å². The van der Waals surface area contributed by atoms with Crippen molar-refractivity contribution in [1.29, 1.82) is 0 Å². The smallest absolute Gasteiger partial charge is 0.120 e. The molecule has 0 radical (unpaired) electrons. The normalized spacial score (nSPS) is 12.2. The van der Waals surface area contributed by atoms with Gasteiger partial charge in [-0.15, -0.1) is 0 Å². The molecule has 15 heavy (non-hydrogen) atoms. The molecule has 0 aromatic heterocycles. The Bertz CT molecular complexity index is 289. The molecule has 0 heterocycles. The minimum atomic E-state index is 0.127. The van der Waals surface area contributed by atoms with E-state index in [9.17, 15) is 0 Å². The van der Waals surface area contributed by atoms with Crippen LogP contribution in [0.15, 0.2) is 24.3 Å². The van der Waals surface area contributed by atoms with Crippen LogP contribution in [0.2, 0.25) is 0 Å². The van der Waals surface area contributed by atoms with Crippen LogP contribution in [-0.4, -0.2) is 24.9 Å². The van der Waals surface area contributed by atoms with Gasteiger partial charge < -0.3 is 15.2 Å². The number of hydrogen-bond donors (Lipinski definition) is 2. The van der Waals surface area contributed by atoms with Crippen LogP contribution in [0.1, 0.15) is 19.8 Å². The van der Waals surface area contributed by atoms with Crippen molar-refractivity contribution in [1.82, 2.24) is 0 Å². The third-order valence-electron chi connectivity index (χ3n) is 2.30. The van der Waals surface area contributed by atoms with Crippen molar-refractivity contribution in [2.75, 3.05) is 19.0 Å². The van der Waals surface area contributed by atoms with E-state index in [0.29, 0.717) is 0 Å². The van der Waals surface area contributed by atoms with Gasteiger partial charge in [-0.3, -0.25) is 0 Å². The Morgan fingerprint density at radius 1 is 1.47 bits per heavy atom. The summed E-state index contributed by atoms with van der Waals surface area (Å²) in [4.78, 5) is 0. The first-order valence-electron chi connectivity index (χ1n) is 5.31. The van der Waals surface area contributed by atoms with Gasteiger partial charge >= 0.3 is 0 Å². The van der Waals surface area contributed by atoms with E-state index >= 15 is 0 Å². The van der Waals surface area contributed by atoms with E-state index in [1.165, 1.54) is 0 Å². The number of aliphatic hydroxyl groups excluding tert-OH is 1. The van der Waals surface area contributed by atoms with Crippen LogP contribution in [0, 0.1) is 0 Å².